The van der Waals surface area contributed by atoms with E-state index < -0.39 is 5.97 Å². The van der Waals surface area contributed by atoms with Gasteiger partial charge in [0.2, 0.25) is 5.75 Å². The monoisotopic (exact) mass is 264 g/mol. The van der Waals surface area contributed by atoms with E-state index in [4.69, 9.17) is 14.2 Å². The van der Waals surface area contributed by atoms with Crippen molar-refractivity contribution in [2.24, 2.45) is 0 Å². The third-order valence-corrected chi connectivity index (χ3v) is 2.07. The molecular formula is C11H13KO5. The molecule has 1 aromatic carbocycles. The van der Waals surface area contributed by atoms with Crippen molar-refractivity contribution in [1.29, 1.82) is 0 Å². The van der Waals surface area contributed by atoms with Crippen molar-refractivity contribution < 1.29 is 75.5 Å². The maximum atomic E-state index is 10.5. The predicted octanol–water partition coefficient (Wildman–Crippen LogP) is -2.99. The first kappa shape index (κ1) is 16.7. The van der Waals surface area contributed by atoms with E-state index in [1.54, 1.807) is 12.1 Å². The average Bonchev–Trinajstić information content (AvgIpc) is 2.26. The van der Waals surface area contributed by atoms with Gasteiger partial charge in [-0.1, -0.05) is 0 Å². The Labute approximate surface area is 142 Å². The van der Waals surface area contributed by atoms with Crippen LogP contribution in [0.5, 0.6) is 17.2 Å². The number of ether oxygens (including phenoxy) is 3. The number of benzene rings is 1. The minimum absolute atomic E-state index is 0. The van der Waals surface area contributed by atoms with Crippen molar-refractivity contribution in [2.75, 3.05) is 21.3 Å². The third-order valence-electron chi connectivity index (χ3n) is 2.07. The van der Waals surface area contributed by atoms with E-state index in [1.165, 1.54) is 21.3 Å². The quantitative estimate of drug-likeness (QED) is 0.531. The molecule has 0 aromatic heterocycles. The Morgan fingerprint density at radius 2 is 1.59 bits per heavy atom. The molecule has 0 atom stereocenters. The van der Waals surface area contributed by atoms with Crippen LogP contribution in [0.15, 0.2) is 12.1 Å². The number of aliphatic carboxylic acids is 1. The van der Waals surface area contributed by atoms with E-state index in [0.717, 1.165) is 0 Å². The van der Waals surface area contributed by atoms with Gasteiger partial charge in [0.05, 0.1) is 21.3 Å². The minimum atomic E-state index is -1.16. The summed E-state index contributed by atoms with van der Waals surface area (Å²) in [7, 11) is 4.43. The summed E-state index contributed by atoms with van der Waals surface area (Å²) in [6, 6.07) is 3.16. The van der Waals surface area contributed by atoms with Crippen molar-refractivity contribution in [3.63, 3.8) is 0 Å². The summed E-state index contributed by atoms with van der Waals surface area (Å²) in [6.07, 6.45) is -0.198. The van der Waals surface area contributed by atoms with E-state index in [2.05, 4.69) is 0 Å². The number of carboxylic acid groups (broad SMARTS) is 1. The van der Waals surface area contributed by atoms with Crippen LogP contribution in [-0.4, -0.2) is 27.3 Å². The Morgan fingerprint density at radius 3 is 1.88 bits per heavy atom. The number of rotatable bonds is 5. The Morgan fingerprint density at radius 1 is 1.12 bits per heavy atom. The number of carboxylic acids is 1. The smallest absolute Gasteiger partial charge is 0.550 e. The second-order valence-corrected chi connectivity index (χ2v) is 3.08. The number of methoxy groups -OCH3 is 3. The molecular weight excluding hydrogens is 251 g/mol. The van der Waals surface area contributed by atoms with Gasteiger partial charge in [-0.15, -0.1) is 0 Å². The van der Waals surface area contributed by atoms with Gasteiger partial charge in [0.15, 0.2) is 11.5 Å². The van der Waals surface area contributed by atoms with E-state index in [-0.39, 0.29) is 57.8 Å². The summed E-state index contributed by atoms with van der Waals surface area (Å²) >= 11 is 0. The zero-order chi connectivity index (χ0) is 12.1. The van der Waals surface area contributed by atoms with Gasteiger partial charge >= 0.3 is 51.4 Å². The zero-order valence-corrected chi connectivity index (χ0v) is 13.5. The molecule has 0 fully saturated rings. The molecule has 0 spiro atoms. The van der Waals surface area contributed by atoms with Crippen molar-refractivity contribution in [1.82, 2.24) is 0 Å². The summed E-state index contributed by atoms with van der Waals surface area (Å²) in [5.41, 5.74) is 0.537. The summed E-state index contributed by atoms with van der Waals surface area (Å²) in [6.45, 7) is 0. The molecule has 88 valence electrons. The van der Waals surface area contributed by atoms with Crippen LogP contribution in [0.3, 0.4) is 0 Å². The molecule has 0 radical (unpaired) electrons. The van der Waals surface area contributed by atoms with Gasteiger partial charge < -0.3 is 24.1 Å². The van der Waals surface area contributed by atoms with Crippen LogP contribution in [0.1, 0.15) is 5.56 Å². The molecule has 0 N–H and O–H groups in total. The van der Waals surface area contributed by atoms with Gasteiger partial charge in [-0.2, -0.15) is 0 Å². The first-order valence-electron chi connectivity index (χ1n) is 4.61. The van der Waals surface area contributed by atoms with E-state index in [9.17, 15) is 9.90 Å². The van der Waals surface area contributed by atoms with E-state index >= 15 is 0 Å². The van der Waals surface area contributed by atoms with Crippen LogP contribution < -0.4 is 70.7 Å². The molecule has 1 aromatic rings. The molecule has 0 amide bonds. The van der Waals surface area contributed by atoms with Crippen LogP contribution in [0.25, 0.3) is 0 Å². The van der Waals surface area contributed by atoms with Gasteiger partial charge in [-0.05, 0) is 17.7 Å². The molecule has 0 saturated heterocycles. The minimum Gasteiger partial charge on any atom is -0.550 e. The number of carbonyl (C=O) groups is 1. The van der Waals surface area contributed by atoms with Crippen molar-refractivity contribution in [3.8, 4) is 17.2 Å². The maximum absolute atomic E-state index is 10.5. The first-order valence-corrected chi connectivity index (χ1v) is 4.61. The molecule has 0 unspecified atom stereocenters. The molecule has 0 aliphatic heterocycles. The second kappa shape index (κ2) is 7.94. The van der Waals surface area contributed by atoms with Crippen LogP contribution in [0.2, 0.25) is 0 Å². The van der Waals surface area contributed by atoms with Crippen LogP contribution >= 0.6 is 0 Å². The standard InChI is InChI=1S/C11H14O5.K/c1-14-8-4-7(6-10(12)13)5-9(15-2)11(8)16-3;/h4-5H,6H2,1-3H3,(H,12,13);/q;+1/p-1. The van der Waals surface area contributed by atoms with Gasteiger partial charge in [0.25, 0.3) is 0 Å². The first-order chi connectivity index (χ1) is 7.62. The van der Waals surface area contributed by atoms with Crippen molar-refractivity contribution >= 4 is 5.97 Å². The zero-order valence-electron chi connectivity index (χ0n) is 10.4. The molecule has 5 nitrogen and oxygen atoms in total. The molecule has 0 saturated carbocycles. The van der Waals surface area contributed by atoms with E-state index in [0.29, 0.717) is 22.8 Å². The summed E-state index contributed by atoms with van der Waals surface area (Å²) in [4.78, 5) is 10.5. The Balaban J connectivity index is 0.00000256. The van der Waals surface area contributed by atoms with E-state index in [1.807, 2.05) is 0 Å². The van der Waals surface area contributed by atoms with Gasteiger partial charge in [-0.25, -0.2) is 0 Å². The molecule has 1 rings (SSSR count). The fraction of sp³-hybridized carbons (Fsp3) is 0.364. The van der Waals surface area contributed by atoms with Crippen LogP contribution in [0.4, 0.5) is 0 Å². The molecule has 6 heteroatoms. The molecule has 0 aliphatic rings. The Kier molecular flexibility index (Phi) is 7.81. The summed E-state index contributed by atoms with van der Waals surface area (Å²) in [5, 5.41) is 10.5. The number of hydrogen-bond acceptors (Lipinski definition) is 5. The largest absolute Gasteiger partial charge is 1.00 e. The fourth-order valence-corrected chi connectivity index (χ4v) is 1.40. The molecule has 0 aliphatic carbocycles. The second-order valence-electron chi connectivity index (χ2n) is 3.08. The fourth-order valence-electron chi connectivity index (χ4n) is 1.40. The predicted molar refractivity (Wildman–Crippen MR) is 54.8 cm³/mol. The summed E-state index contributed by atoms with van der Waals surface area (Å²) in [5.74, 6) is 0.137. The Bertz CT molecular complexity index is 366. The number of carbonyl (C=O) groups excluding carboxylic acids is 1. The van der Waals surface area contributed by atoms with Crippen LogP contribution in [-0.2, 0) is 11.2 Å². The molecule has 17 heavy (non-hydrogen) atoms. The van der Waals surface area contributed by atoms with Crippen LogP contribution in [0, 0.1) is 0 Å². The molecule has 0 bridgehead atoms. The maximum Gasteiger partial charge on any atom is 1.00 e. The van der Waals surface area contributed by atoms with Gasteiger partial charge in [0, 0.05) is 12.4 Å². The van der Waals surface area contributed by atoms with Crippen molar-refractivity contribution in [2.45, 2.75) is 6.42 Å². The topological polar surface area (TPSA) is 67.8 Å². The summed E-state index contributed by atoms with van der Waals surface area (Å²) < 4.78 is 15.3. The average molecular weight is 264 g/mol. The number of hydrogen-bond donors (Lipinski definition) is 0. The van der Waals surface area contributed by atoms with Gasteiger partial charge in [-0.3, -0.25) is 0 Å². The molecule has 0 heterocycles. The Hall–Kier alpha value is -0.274. The third kappa shape index (κ3) is 4.48. The van der Waals surface area contributed by atoms with Gasteiger partial charge in [0.1, 0.15) is 0 Å². The SMILES string of the molecule is COc1cc(CC(=O)[O-])cc(OC)c1OC.[K+]. The normalized spacial score (nSPS) is 9.12. The van der Waals surface area contributed by atoms with Crippen molar-refractivity contribution in [3.05, 3.63) is 17.7 Å².